The van der Waals surface area contributed by atoms with Crippen LogP contribution in [0.1, 0.15) is 17.2 Å². The molecule has 4 nitrogen and oxygen atoms in total. The zero-order chi connectivity index (χ0) is 17.4. The minimum Gasteiger partial charge on any atom is -0.354 e. The summed E-state index contributed by atoms with van der Waals surface area (Å²) in [5, 5.41) is 6.55. The number of nitrogens with one attached hydrogen (secondary N) is 2. The molecule has 0 radical (unpaired) electrons. The Morgan fingerprint density at radius 1 is 1.08 bits per heavy atom. The highest BCUT2D eigenvalue weighted by Crippen LogP contribution is 2.16. The van der Waals surface area contributed by atoms with Gasteiger partial charge >= 0.3 is 0 Å². The zero-order valence-electron chi connectivity index (χ0n) is 14.9. The van der Waals surface area contributed by atoms with Crippen molar-refractivity contribution in [1.82, 2.24) is 15.5 Å². The molecule has 0 saturated heterocycles. The molecule has 0 saturated carbocycles. The van der Waals surface area contributed by atoms with Crippen LogP contribution in [0.2, 0.25) is 0 Å². The molecule has 2 aromatic carbocycles. The Bertz CT molecular complexity index is 661. The first kappa shape index (κ1) is 21.4. The van der Waals surface area contributed by atoms with Gasteiger partial charge in [0.25, 0.3) is 0 Å². The SMILES string of the molecule is CN=C(NCc1cccc(F)c1)NCC(c1ccccc1)N(C)C.I. The van der Waals surface area contributed by atoms with Crippen molar-refractivity contribution in [3.8, 4) is 0 Å². The Hall–Kier alpha value is -1.67. The van der Waals surface area contributed by atoms with E-state index < -0.39 is 0 Å². The van der Waals surface area contributed by atoms with E-state index in [0.717, 1.165) is 12.1 Å². The summed E-state index contributed by atoms with van der Waals surface area (Å²) in [6.07, 6.45) is 0. The largest absolute Gasteiger partial charge is 0.354 e. The number of hydrogen-bond donors (Lipinski definition) is 2. The van der Waals surface area contributed by atoms with Crippen molar-refractivity contribution in [2.75, 3.05) is 27.7 Å². The Morgan fingerprint density at radius 2 is 1.80 bits per heavy atom. The van der Waals surface area contributed by atoms with Gasteiger partial charge in [0.05, 0.1) is 6.04 Å². The number of benzene rings is 2. The Labute approximate surface area is 166 Å². The Balaban J connectivity index is 0.00000312. The first-order valence-corrected chi connectivity index (χ1v) is 8.00. The van der Waals surface area contributed by atoms with Crippen LogP contribution in [-0.4, -0.2) is 38.5 Å². The molecule has 1 atom stereocenters. The van der Waals surface area contributed by atoms with Crippen molar-refractivity contribution >= 4 is 29.9 Å². The first-order valence-electron chi connectivity index (χ1n) is 8.00. The van der Waals surface area contributed by atoms with Gasteiger partial charge in [0, 0.05) is 20.1 Å². The van der Waals surface area contributed by atoms with Gasteiger partial charge in [-0.2, -0.15) is 0 Å². The van der Waals surface area contributed by atoms with Crippen molar-refractivity contribution in [2.45, 2.75) is 12.6 Å². The molecule has 0 aliphatic carbocycles. The smallest absolute Gasteiger partial charge is 0.191 e. The third-order valence-corrected chi connectivity index (χ3v) is 3.84. The molecule has 0 fully saturated rings. The second-order valence-electron chi connectivity index (χ2n) is 5.83. The van der Waals surface area contributed by atoms with Crippen LogP contribution in [0.15, 0.2) is 59.6 Å². The predicted octanol–water partition coefficient (Wildman–Crippen LogP) is 3.41. The van der Waals surface area contributed by atoms with Crippen LogP contribution >= 0.6 is 24.0 Å². The fourth-order valence-electron chi connectivity index (χ4n) is 2.52. The fraction of sp³-hybridized carbons (Fsp3) is 0.316. The van der Waals surface area contributed by atoms with Crippen molar-refractivity contribution in [1.29, 1.82) is 0 Å². The second kappa shape index (κ2) is 11.0. The number of rotatable bonds is 6. The predicted molar refractivity (Wildman–Crippen MR) is 113 cm³/mol. The van der Waals surface area contributed by atoms with E-state index in [1.165, 1.54) is 17.7 Å². The highest BCUT2D eigenvalue weighted by molar-refractivity contribution is 14.0. The number of halogens is 2. The van der Waals surface area contributed by atoms with Gasteiger partial charge in [0.2, 0.25) is 0 Å². The lowest BCUT2D eigenvalue weighted by Gasteiger charge is -2.26. The number of likely N-dealkylation sites (N-methyl/N-ethyl adjacent to an activating group) is 1. The highest BCUT2D eigenvalue weighted by Gasteiger charge is 2.14. The molecule has 0 bridgehead atoms. The molecule has 2 rings (SSSR count). The van der Waals surface area contributed by atoms with Gasteiger partial charge in [-0.15, -0.1) is 24.0 Å². The van der Waals surface area contributed by atoms with Crippen molar-refractivity contribution < 1.29 is 4.39 Å². The molecule has 0 amide bonds. The molecule has 2 N–H and O–H groups in total. The lowest BCUT2D eigenvalue weighted by Crippen LogP contribution is -2.41. The number of nitrogens with zero attached hydrogens (tertiary/aromatic N) is 2. The number of guanidine groups is 1. The lowest BCUT2D eigenvalue weighted by atomic mass is 10.1. The third kappa shape index (κ3) is 6.99. The van der Waals surface area contributed by atoms with Gasteiger partial charge in [-0.05, 0) is 37.4 Å². The summed E-state index contributed by atoms with van der Waals surface area (Å²) in [5.41, 5.74) is 2.13. The maximum atomic E-state index is 13.2. The van der Waals surface area contributed by atoms with E-state index in [4.69, 9.17) is 0 Å². The molecular weight excluding hydrogens is 430 g/mol. The highest BCUT2D eigenvalue weighted by atomic mass is 127. The standard InChI is InChI=1S/C19H25FN4.HI/c1-21-19(22-13-15-8-7-11-17(20)12-15)23-14-18(24(2)3)16-9-5-4-6-10-16;/h4-12,18H,13-14H2,1-3H3,(H2,21,22,23);1H. The maximum Gasteiger partial charge on any atom is 0.191 e. The van der Waals surface area contributed by atoms with Gasteiger partial charge in [0.15, 0.2) is 5.96 Å². The van der Waals surface area contributed by atoms with Crippen molar-refractivity contribution in [3.63, 3.8) is 0 Å². The summed E-state index contributed by atoms with van der Waals surface area (Å²) in [6, 6.07) is 17.1. The second-order valence-corrected chi connectivity index (χ2v) is 5.83. The minimum absolute atomic E-state index is 0. The minimum atomic E-state index is -0.228. The molecule has 6 heteroatoms. The fourth-order valence-corrected chi connectivity index (χ4v) is 2.52. The average molecular weight is 456 g/mol. The molecule has 25 heavy (non-hydrogen) atoms. The van der Waals surface area contributed by atoms with Crippen LogP contribution in [0, 0.1) is 5.82 Å². The van der Waals surface area contributed by atoms with E-state index in [1.54, 1.807) is 13.1 Å². The van der Waals surface area contributed by atoms with Crippen LogP contribution in [0.4, 0.5) is 4.39 Å². The van der Waals surface area contributed by atoms with Crippen LogP contribution in [0.25, 0.3) is 0 Å². The van der Waals surface area contributed by atoms with E-state index in [2.05, 4.69) is 46.8 Å². The van der Waals surface area contributed by atoms with Gasteiger partial charge in [-0.3, -0.25) is 4.99 Å². The van der Waals surface area contributed by atoms with Crippen LogP contribution in [0.5, 0.6) is 0 Å². The van der Waals surface area contributed by atoms with E-state index in [1.807, 2.05) is 24.3 Å². The molecule has 0 spiro atoms. The molecule has 0 aliphatic rings. The zero-order valence-corrected chi connectivity index (χ0v) is 17.2. The summed E-state index contributed by atoms with van der Waals surface area (Å²) in [4.78, 5) is 6.40. The van der Waals surface area contributed by atoms with Crippen molar-refractivity contribution in [3.05, 3.63) is 71.5 Å². The molecule has 1 unspecified atom stereocenters. The van der Waals surface area contributed by atoms with E-state index in [9.17, 15) is 4.39 Å². The third-order valence-electron chi connectivity index (χ3n) is 3.84. The van der Waals surface area contributed by atoms with Gasteiger partial charge < -0.3 is 15.5 Å². The summed E-state index contributed by atoms with van der Waals surface area (Å²) in [6.45, 7) is 1.25. The number of hydrogen-bond acceptors (Lipinski definition) is 2. The average Bonchev–Trinajstić information content (AvgIpc) is 2.58. The lowest BCUT2D eigenvalue weighted by molar-refractivity contribution is 0.298. The summed E-state index contributed by atoms with van der Waals surface area (Å²) >= 11 is 0. The summed E-state index contributed by atoms with van der Waals surface area (Å²) in [5.74, 6) is 0.469. The van der Waals surface area contributed by atoms with E-state index in [0.29, 0.717) is 12.5 Å². The molecule has 0 heterocycles. The quantitative estimate of drug-likeness (QED) is 0.398. The normalized spacial score (nSPS) is 12.4. The van der Waals surface area contributed by atoms with Gasteiger partial charge in [-0.1, -0.05) is 42.5 Å². The van der Waals surface area contributed by atoms with E-state index in [-0.39, 0.29) is 35.8 Å². The monoisotopic (exact) mass is 456 g/mol. The van der Waals surface area contributed by atoms with Gasteiger partial charge in [0.1, 0.15) is 5.82 Å². The molecule has 136 valence electrons. The Kier molecular flexibility index (Phi) is 9.44. The van der Waals surface area contributed by atoms with Gasteiger partial charge in [-0.25, -0.2) is 4.39 Å². The molecule has 2 aromatic rings. The van der Waals surface area contributed by atoms with Crippen LogP contribution in [-0.2, 0) is 6.54 Å². The molecule has 0 aromatic heterocycles. The first-order chi connectivity index (χ1) is 11.6. The summed E-state index contributed by atoms with van der Waals surface area (Å²) in [7, 11) is 5.85. The number of aliphatic imine (C=N–C) groups is 1. The molecule has 0 aliphatic heterocycles. The molecular formula is C19H26FIN4. The van der Waals surface area contributed by atoms with Crippen LogP contribution in [0.3, 0.4) is 0 Å². The van der Waals surface area contributed by atoms with E-state index >= 15 is 0 Å². The summed E-state index contributed by atoms with van der Waals surface area (Å²) < 4.78 is 13.2. The maximum absolute atomic E-state index is 13.2. The van der Waals surface area contributed by atoms with Crippen LogP contribution < -0.4 is 10.6 Å². The topological polar surface area (TPSA) is 39.7 Å². The Morgan fingerprint density at radius 3 is 2.40 bits per heavy atom. The van der Waals surface area contributed by atoms with Crippen molar-refractivity contribution in [2.24, 2.45) is 4.99 Å².